The van der Waals surface area contributed by atoms with Gasteiger partial charge in [-0.1, -0.05) is 11.6 Å². The first-order valence-electron chi connectivity index (χ1n) is 7.93. The number of anilines is 1. The molecule has 1 aromatic carbocycles. The van der Waals surface area contributed by atoms with Crippen LogP contribution in [-0.2, 0) is 4.84 Å². The summed E-state index contributed by atoms with van der Waals surface area (Å²) in [6.45, 7) is 0. The van der Waals surface area contributed by atoms with Crippen LogP contribution in [0.25, 0.3) is 22.0 Å². The second kappa shape index (κ2) is 7.42. The third-order valence-corrected chi connectivity index (χ3v) is 4.35. The van der Waals surface area contributed by atoms with Gasteiger partial charge >= 0.3 is 0 Å². The number of aromatic amines is 1. The van der Waals surface area contributed by atoms with Crippen LogP contribution >= 0.6 is 11.6 Å². The van der Waals surface area contributed by atoms with Crippen molar-refractivity contribution in [1.82, 2.24) is 15.4 Å². The van der Waals surface area contributed by atoms with Gasteiger partial charge in [0.15, 0.2) is 11.6 Å². The van der Waals surface area contributed by atoms with Crippen LogP contribution in [0.3, 0.4) is 0 Å². The number of halogens is 2. The molecule has 142 valence electrons. The molecule has 7 nitrogen and oxygen atoms in total. The summed E-state index contributed by atoms with van der Waals surface area (Å²) in [5.74, 6) is -0.566. The van der Waals surface area contributed by atoms with Crippen molar-refractivity contribution >= 4 is 34.2 Å². The van der Waals surface area contributed by atoms with Crippen LogP contribution in [0.4, 0.5) is 10.2 Å². The van der Waals surface area contributed by atoms with Gasteiger partial charge in [-0.15, -0.1) is 0 Å². The molecular weight excluding hydrogens is 375 g/mol. The van der Waals surface area contributed by atoms with E-state index in [4.69, 9.17) is 16.3 Å². The maximum Gasteiger partial charge on any atom is 0.276 e. The van der Waals surface area contributed by atoms with Gasteiger partial charge in [-0.05, 0) is 18.2 Å². The second-order valence-corrected chi connectivity index (χ2v) is 6.37. The molecular formula is C18H18ClFN4O3. The number of hydrogen-bond donors (Lipinski definition) is 2. The fourth-order valence-electron chi connectivity index (χ4n) is 2.81. The normalized spacial score (nSPS) is 10.9. The van der Waals surface area contributed by atoms with Crippen LogP contribution < -0.4 is 15.1 Å². The number of fused-ring (bicyclic) bond motifs is 1. The van der Waals surface area contributed by atoms with Crippen molar-refractivity contribution in [2.75, 3.05) is 33.2 Å². The maximum absolute atomic E-state index is 14.5. The molecule has 9 heteroatoms. The van der Waals surface area contributed by atoms with Crippen LogP contribution in [0.2, 0.25) is 5.02 Å². The summed E-state index contributed by atoms with van der Waals surface area (Å²) in [5.41, 5.74) is 4.16. The zero-order valence-corrected chi connectivity index (χ0v) is 15.9. The largest absolute Gasteiger partial charge is 0.480 e. The highest BCUT2D eigenvalue weighted by molar-refractivity contribution is 6.34. The fourth-order valence-corrected chi connectivity index (χ4v) is 3.08. The van der Waals surface area contributed by atoms with Crippen LogP contribution in [0.5, 0.6) is 5.88 Å². The van der Waals surface area contributed by atoms with Gasteiger partial charge in [0.05, 0.1) is 24.8 Å². The van der Waals surface area contributed by atoms with Crippen molar-refractivity contribution in [2.24, 2.45) is 0 Å². The van der Waals surface area contributed by atoms with Crippen LogP contribution in [-0.4, -0.2) is 44.2 Å². The Kier molecular flexibility index (Phi) is 5.20. The summed E-state index contributed by atoms with van der Waals surface area (Å²) in [7, 11) is 6.16. The first-order chi connectivity index (χ1) is 12.9. The number of carbonyl (C=O) groups is 1. The lowest BCUT2D eigenvalue weighted by Crippen LogP contribution is -2.21. The lowest BCUT2D eigenvalue weighted by Gasteiger charge is -2.16. The van der Waals surface area contributed by atoms with E-state index in [2.05, 4.69) is 20.3 Å². The third kappa shape index (κ3) is 3.41. The number of H-pyrrole nitrogens is 1. The number of nitrogens with zero attached hydrogens (tertiary/aromatic N) is 2. The standard InChI is InChI=1S/C18H18ClFN4O3/c1-24(2)16-14(20)6-11(18(22-16)26-3)9-5-10-12(17(25)23-27-4)8-21-15(10)7-13(9)19/h5-8,21H,1-4H3,(H,23,25). The fraction of sp³-hybridized carbons (Fsp3) is 0.222. The molecule has 0 radical (unpaired) electrons. The maximum atomic E-state index is 14.5. The van der Waals surface area contributed by atoms with Gasteiger partial charge in [0.2, 0.25) is 5.88 Å². The second-order valence-electron chi connectivity index (χ2n) is 5.96. The Bertz CT molecular complexity index is 1020. The molecule has 27 heavy (non-hydrogen) atoms. The molecule has 3 aromatic rings. The molecule has 0 atom stereocenters. The van der Waals surface area contributed by atoms with Crippen molar-refractivity contribution in [3.63, 3.8) is 0 Å². The summed E-state index contributed by atoms with van der Waals surface area (Å²) < 4.78 is 19.8. The predicted octanol–water partition coefficient (Wildman–Crippen LogP) is 3.39. The lowest BCUT2D eigenvalue weighted by molar-refractivity contribution is 0.0539. The predicted molar refractivity (Wildman–Crippen MR) is 102 cm³/mol. The topological polar surface area (TPSA) is 79.5 Å². The minimum atomic E-state index is -0.515. The van der Waals surface area contributed by atoms with E-state index in [-0.39, 0.29) is 11.7 Å². The zero-order valence-electron chi connectivity index (χ0n) is 15.2. The zero-order chi connectivity index (χ0) is 19.7. The minimum Gasteiger partial charge on any atom is -0.480 e. The van der Waals surface area contributed by atoms with Crippen LogP contribution in [0.15, 0.2) is 24.4 Å². The van der Waals surface area contributed by atoms with Crippen LogP contribution in [0.1, 0.15) is 10.4 Å². The van der Waals surface area contributed by atoms with Crippen molar-refractivity contribution in [3.8, 4) is 17.0 Å². The van der Waals surface area contributed by atoms with E-state index < -0.39 is 11.7 Å². The number of amides is 1. The number of nitrogens with one attached hydrogen (secondary N) is 2. The van der Waals surface area contributed by atoms with E-state index in [9.17, 15) is 9.18 Å². The van der Waals surface area contributed by atoms with E-state index in [1.807, 2.05) is 0 Å². The number of benzene rings is 1. The molecule has 0 saturated heterocycles. The molecule has 0 aliphatic heterocycles. The van der Waals surface area contributed by atoms with Crippen molar-refractivity contribution in [2.45, 2.75) is 0 Å². The Morgan fingerprint density at radius 3 is 2.63 bits per heavy atom. The monoisotopic (exact) mass is 392 g/mol. The third-order valence-electron chi connectivity index (χ3n) is 4.04. The summed E-state index contributed by atoms with van der Waals surface area (Å²) in [6.07, 6.45) is 1.55. The Balaban J connectivity index is 2.22. The van der Waals surface area contributed by atoms with E-state index in [1.54, 1.807) is 37.3 Å². The van der Waals surface area contributed by atoms with E-state index in [1.165, 1.54) is 20.3 Å². The summed E-state index contributed by atoms with van der Waals surface area (Å²) in [6, 6.07) is 4.66. The summed E-state index contributed by atoms with van der Waals surface area (Å²) in [5, 5.41) is 0.961. The van der Waals surface area contributed by atoms with Gasteiger partial charge < -0.3 is 14.6 Å². The van der Waals surface area contributed by atoms with Gasteiger partial charge in [-0.25, -0.2) is 9.87 Å². The van der Waals surface area contributed by atoms with Crippen LogP contribution in [0, 0.1) is 5.82 Å². The average molecular weight is 393 g/mol. The van der Waals surface area contributed by atoms with Gasteiger partial charge in [-0.2, -0.15) is 4.98 Å². The highest BCUT2D eigenvalue weighted by Gasteiger charge is 2.20. The smallest absolute Gasteiger partial charge is 0.276 e. The number of aromatic nitrogens is 2. The van der Waals surface area contributed by atoms with Gasteiger partial charge in [-0.3, -0.25) is 9.63 Å². The van der Waals surface area contributed by atoms with Gasteiger partial charge in [0.25, 0.3) is 5.91 Å². The Labute approximate surface area is 160 Å². The Morgan fingerprint density at radius 2 is 2.00 bits per heavy atom. The number of hydroxylamine groups is 1. The molecule has 2 heterocycles. The van der Waals surface area contributed by atoms with Crippen molar-refractivity contribution in [3.05, 3.63) is 40.8 Å². The van der Waals surface area contributed by atoms with E-state index >= 15 is 0 Å². The molecule has 0 aliphatic carbocycles. The molecule has 0 saturated carbocycles. The van der Waals surface area contributed by atoms with Gasteiger partial charge in [0.1, 0.15) is 0 Å². The molecule has 1 amide bonds. The first kappa shape index (κ1) is 18.9. The highest BCUT2D eigenvalue weighted by Crippen LogP contribution is 2.39. The molecule has 3 rings (SSSR count). The molecule has 0 unspecified atom stereocenters. The first-order valence-corrected chi connectivity index (χ1v) is 8.31. The quantitative estimate of drug-likeness (QED) is 0.651. The molecule has 2 aromatic heterocycles. The van der Waals surface area contributed by atoms with Gasteiger partial charge in [0, 0.05) is 42.3 Å². The number of pyridine rings is 1. The Morgan fingerprint density at radius 1 is 1.26 bits per heavy atom. The molecule has 0 bridgehead atoms. The van der Waals surface area contributed by atoms with E-state index in [0.29, 0.717) is 32.6 Å². The number of methoxy groups -OCH3 is 1. The number of carbonyl (C=O) groups excluding carboxylic acids is 1. The SMILES string of the molecule is CONC(=O)c1c[nH]c2cc(Cl)c(-c3cc(F)c(N(C)C)nc3OC)cc12. The number of ether oxygens (including phenoxy) is 1. The summed E-state index contributed by atoms with van der Waals surface area (Å²) in [4.78, 5) is 25.6. The average Bonchev–Trinajstić information content (AvgIpc) is 3.03. The molecule has 0 spiro atoms. The van der Waals surface area contributed by atoms with Crippen molar-refractivity contribution in [1.29, 1.82) is 0 Å². The highest BCUT2D eigenvalue weighted by atomic mass is 35.5. The molecule has 0 fully saturated rings. The Hall–Kier alpha value is -2.84. The van der Waals surface area contributed by atoms with E-state index in [0.717, 1.165) is 0 Å². The molecule has 0 aliphatic rings. The number of rotatable bonds is 5. The number of hydrogen-bond acceptors (Lipinski definition) is 5. The van der Waals surface area contributed by atoms with Crippen molar-refractivity contribution < 1.29 is 18.8 Å². The minimum absolute atomic E-state index is 0.148. The summed E-state index contributed by atoms with van der Waals surface area (Å²) >= 11 is 6.41. The lowest BCUT2D eigenvalue weighted by atomic mass is 10.0. The molecule has 2 N–H and O–H groups in total.